The summed E-state index contributed by atoms with van der Waals surface area (Å²) in [6.45, 7) is 4.33. The summed E-state index contributed by atoms with van der Waals surface area (Å²) >= 11 is 0. The molecule has 0 saturated carbocycles. The maximum Gasteiger partial charge on any atom is 0.255 e. The van der Waals surface area contributed by atoms with Crippen LogP contribution in [0.5, 0.6) is 5.75 Å². The number of amides is 2. The summed E-state index contributed by atoms with van der Waals surface area (Å²) in [6, 6.07) is 7.17. The van der Waals surface area contributed by atoms with Crippen molar-refractivity contribution in [3.05, 3.63) is 29.8 Å². The van der Waals surface area contributed by atoms with Crippen molar-refractivity contribution in [2.75, 3.05) is 6.54 Å². The second-order valence-corrected chi connectivity index (χ2v) is 5.18. The monoisotopic (exact) mass is 276 g/mol. The quantitative estimate of drug-likeness (QED) is 0.875. The number of benzene rings is 1. The number of ether oxygens (including phenoxy) is 1. The molecule has 1 saturated heterocycles. The molecule has 0 aromatic heterocycles. The minimum absolute atomic E-state index is 0.0120. The van der Waals surface area contributed by atoms with Gasteiger partial charge < -0.3 is 15.4 Å². The van der Waals surface area contributed by atoms with E-state index in [1.807, 2.05) is 26.0 Å². The second kappa shape index (κ2) is 6.41. The summed E-state index contributed by atoms with van der Waals surface area (Å²) in [6.07, 6.45) is 1.14. The molecule has 0 aliphatic carbocycles. The van der Waals surface area contributed by atoms with Crippen LogP contribution in [0.2, 0.25) is 0 Å². The number of piperidine rings is 1. The van der Waals surface area contributed by atoms with Crippen LogP contribution in [0.4, 0.5) is 0 Å². The summed E-state index contributed by atoms with van der Waals surface area (Å²) < 4.78 is 5.64. The SMILES string of the molecule is CC(C)Oc1ccccc1C(=O)N[C@@H]1CCC(=O)NC1. The molecular formula is C15H20N2O3. The molecule has 2 N–H and O–H groups in total. The first-order valence-electron chi connectivity index (χ1n) is 6.89. The number of para-hydroxylation sites is 1. The average molecular weight is 276 g/mol. The molecule has 1 atom stereocenters. The highest BCUT2D eigenvalue weighted by atomic mass is 16.5. The van der Waals surface area contributed by atoms with Crippen LogP contribution in [0.1, 0.15) is 37.0 Å². The van der Waals surface area contributed by atoms with Crippen molar-refractivity contribution in [3.8, 4) is 5.75 Å². The number of carbonyl (C=O) groups is 2. The lowest BCUT2D eigenvalue weighted by Crippen LogP contribution is -2.47. The Kier molecular flexibility index (Phi) is 4.61. The first-order chi connectivity index (χ1) is 9.56. The Bertz CT molecular complexity index is 490. The lowest BCUT2D eigenvalue weighted by molar-refractivity contribution is -0.122. The van der Waals surface area contributed by atoms with Crippen LogP contribution < -0.4 is 15.4 Å². The second-order valence-electron chi connectivity index (χ2n) is 5.18. The van der Waals surface area contributed by atoms with Gasteiger partial charge in [-0.25, -0.2) is 0 Å². The van der Waals surface area contributed by atoms with E-state index in [2.05, 4.69) is 10.6 Å². The normalized spacial score (nSPS) is 18.6. The lowest BCUT2D eigenvalue weighted by Gasteiger charge is -2.24. The van der Waals surface area contributed by atoms with Gasteiger partial charge in [0.05, 0.1) is 11.7 Å². The smallest absolute Gasteiger partial charge is 0.255 e. The van der Waals surface area contributed by atoms with E-state index in [1.165, 1.54) is 0 Å². The highest BCUT2D eigenvalue weighted by Gasteiger charge is 2.21. The lowest BCUT2D eigenvalue weighted by atomic mass is 10.1. The minimum atomic E-state index is -0.164. The Hall–Kier alpha value is -2.04. The van der Waals surface area contributed by atoms with E-state index in [9.17, 15) is 9.59 Å². The fourth-order valence-corrected chi connectivity index (χ4v) is 2.13. The maximum absolute atomic E-state index is 12.3. The summed E-state index contributed by atoms with van der Waals surface area (Å²) in [5.74, 6) is 0.460. The molecule has 20 heavy (non-hydrogen) atoms. The summed E-state index contributed by atoms with van der Waals surface area (Å²) in [7, 11) is 0. The number of rotatable bonds is 4. The van der Waals surface area contributed by atoms with Gasteiger partial charge in [-0.3, -0.25) is 9.59 Å². The van der Waals surface area contributed by atoms with Crippen molar-refractivity contribution in [1.82, 2.24) is 10.6 Å². The Morgan fingerprint density at radius 1 is 1.40 bits per heavy atom. The molecule has 1 heterocycles. The standard InChI is InChI=1S/C15H20N2O3/c1-10(2)20-13-6-4-3-5-12(13)15(19)17-11-7-8-14(18)16-9-11/h3-6,10-11H,7-9H2,1-2H3,(H,16,18)(H,17,19)/t11-/m1/s1. The van der Waals surface area contributed by atoms with Gasteiger partial charge >= 0.3 is 0 Å². The number of hydrogen-bond acceptors (Lipinski definition) is 3. The predicted octanol–water partition coefficient (Wildman–Crippen LogP) is 1.48. The van der Waals surface area contributed by atoms with E-state index in [0.717, 1.165) is 0 Å². The minimum Gasteiger partial charge on any atom is -0.490 e. The average Bonchev–Trinajstić information content (AvgIpc) is 2.41. The molecule has 0 bridgehead atoms. The van der Waals surface area contributed by atoms with E-state index in [0.29, 0.717) is 30.7 Å². The van der Waals surface area contributed by atoms with Crippen molar-refractivity contribution in [3.63, 3.8) is 0 Å². The van der Waals surface area contributed by atoms with Crippen molar-refractivity contribution < 1.29 is 14.3 Å². The molecule has 0 radical (unpaired) electrons. The van der Waals surface area contributed by atoms with Crippen molar-refractivity contribution in [1.29, 1.82) is 0 Å². The largest absolute Gasteiger partial charge is 0.490 e. The van der Waals surface area contributed by atoms with Gasteiger partial charge in [-0.05, 0) is 32.4 Å². The summed E-state index contributed by atoms with van der Waals surface area (Å²) in [5, 5.41) is 5.69. The fraction of sp³-hybridized carbons (Fsp3) is 0.467. The zero-order chi connectivity index (χ0) is 14.5. The molecule has 108 valence electrons. The Morgan fingerprint density at radius 2 is 2.15 bits per heavy atom. The highest BCUT2D eigenvalue weighted by molar-refractivity contribution is 5.97. The topological polar surface area (TPSA) is 67.4 Å². The third-order valence-corrected chi connectivity index (χ3v) is 3.10. The van der Waals surface area contributed by atoms with Gasteiger partial charge in [0.15, 0.2) is 0 Å². The molecule has 1 aliphatic heterocycles. The van der Waals surface area contributed by atoms with E-state index in [4.69, 9.17) is 4.74 Å². The summed E-state index contributed by atoms with van der Waals surface area (Å²) in [5.41, 5.74) is 0.526. The Morgan fingerprint density at radius 3 is 2.80 bits per heavy atom. The van der Waals surface area contributed by atoms with Gasteiger partial charge in [0.1, 0.15) is 5.75 Å². The molecule has 5 heteroatoms. The zero-order valence-electron chi connectivity index (χ0n) is 11.8. The summed E-state index contributed by atoms with van der Waals surface area (Å²) in [4.78, 5) is 23.4. The van der Waals surface area contributed by atoms with Crippen molar-refractivity contribution in [2.45, 2.75) is 38.8 Å². The van der Waals surface area contributed by atoms with E-state index in [1.54, 1.807) is 12.1 Å². The molecule has 1 aliphatic rings. The predicted molar refractivity (Wildman–Crippen MR) is 75.7 cm³/mol. The van der Waals surface area contributed by atoms with Crippen LogP contribution in [-0.2, 0) is 4.79 Å². The van der Waals surface area contributed by atoms with Gasteiger partial charge in [0.25, 0.3) is 5.91 Å². The third-order valence-electron chi connectivity index (χ3n) is 3.10. The number of nitrogens with one attached hydrogen (secondary N) is 2. The molecule has 1 aromatic carbocycles. The van der Waals surface area contributed by atoms with Gasteiger partial charge in [-0.1, -0.05) is 12.1 Å². The third kappa shape index (κ3) is 3.73. The molecular weight excluding hydrogens is 256 g/mol. The van der Waals surface area contributed by atoms with Gasteiger partial charge in [0.2, 0.25) is 5.91 Å². The Labute approximate surface area is 118 Å². The molecule has 0 spiro atoms. The molecule has 5 nitrogen and oxygen atoms in total. The Balaban J connectivity index is 2.03. The van der Waals surface area contributed by atoms with Crippen LogP contribution in [-0.4, -0.2) is 30.5 Å². The molecule has 2 rings (SSSR count). The zero-order valence-corrected chi connectivity index (χ0v) is 11.8. The number of hydrogen-bond donors (Lipinski definition) is 2. The van der Waals surface area contributed by atoms with Gasteiger partial charge in [0, 0.05) is 19.0 Å². The fourth-order valence-electron chi connectivity index (χ4n) is 2.13. The van der Waals surface area contributed by atoms with E-state index >= 15 is 0 Å². The van der Waals surface area contributed by atoms with Crippen molar-refractivity contribution >= 4 is 11.8 Å². The molecule has 0 unspecified atom stereocenters. The van der Waals surface area contributed by atoms with Crippen molar-refractivity contribution in [2.24, 2.45) is 0 Å². The van der Waals surface area contributed by atoms with Crippen LogP contribution in [0.3, 0.4) is 0 Å². The molecule has 2 amide bonds. The highest BCUT2D eigenvalue weighted by Crippen LogP contribution is 2.19. The molecule has 1 aromatic rings. The van der Waals surface area contributed by atoms with Gasteiger partial charge in [-0.15, -0.1) is 0 Å². The first kappa shape index (κ1) is 14.4. The number of carbonyl (C=O) groups excluding carboxylic acids is 2. The van der Waals surface area contributed by atoms with Crippen LogP contribution in [0.25, 0.3) is 0 Å². The van der Waals surface area contributed by atoms with Gasteiger partial charge in [-0.2, -0.15) is 0 Å². The maximum atomic E-state index is 12.3. The van der Waals surface area contributed by atoms with E-state index in [-0.39, 0.29) is 24.0 Å². The first-order valence-corrected chi connectivity index (χ1v) is 6.89. The van der Waals surface area contributed by atoms with E-state index < -0.39 is 0 Å². The van der Waals surface area contributed by atoms with Crippen LogP contribution in [0.15, 0.2) is 24.3 Å². The van der Waals surface area contributed by atoms with Crippen LogP contribution >= 0.6 is 0 Å². The molecule has 1 fully saturated rings. The van der Waals surface area contributed by atoms with Crippen LogP contribution in [0, 0.1) is 0 Å².